The molecule has 1 aliphatic carbocycles. The number of benzene rings is 1. The third-order valence-corrected chi connectivity index (χ3v) is 5.00. The Labute approximate surface area is 145 Å². The minimum atomic E-state index is -0.105. The molecule has 0 aromatic heterocycles. The summed E-state index contributed by atoms with van der Waals surface area (Å²) in [6.45, 7) is 5.66. The average molecular weight is 330 g/mol. The molecule has 24 heavy (non-hydrogen) atoms. The van der Waals surface area contributed by atoms with Crippen LogP contribution in [0.1, 0.15) is 64.4 Å². The second-order valence-corrected chi connectivity index (χ2v) is 7.06. The molecule has 0 radical (unpaired) electrons. The van der Waals surface area contributed by atoms with Crippen molar-refractivity contribution in [2.75, 3.05) is 10.6 Å². The molecule has 0 bridgehead atoms. The van der Waals surface area contributed by atoms with Crippen LogP contribution < -0.4 is 10.6 Å². The highest BCUT2D eigenvalue weighted by Gasteiger charge is 2.26. The van der Waals surface area contributed by atoms with Crippen molar-refractivity contribution in [2.24, 2.45) is 11.8 Å². The summed E-state index contributed by atoms with van der Waals surface area (Å²) in [7, 11) is 0. The van der Waals surface area contributed by atoms with Crippen LogP contribution in [0.25, 0.3) is 0 Å². The molecular formula is C20H30N2O2. The standard InChI is InChI=1S/C20H30N2O2/c1-4-5-6-16-8-10-17(11-9-16)20(24)22-18-12-7-14(2)19(13-18)21-15(3)23/h7,12-13,16-17H,4-6,8-11H2,1-3H3,(H,21,23)(H,22,24). The number of amides is 2. The van der Waals surface area contributed by atoms with Gasteiger partial charge < -0.3 is 10.6 Å². The fraction of sp³-hybridized carbons (Fsp3) is 0.600. The van der Waals surface area contributed by atoms with Crippen LogP contribution in [0.4, 0.5) is 11.4 Å². The van der Waals surface area contributed by atoms with E-state index in [0.717, 1.165) is 35.7 Å². The number of anilines is 2. The molecule has 4 heteroatoms. The van der Waals surface area contributed by atoms with Gasteiger partial charge in [0.15, 0.2) is 0 Å². The number of rotatable bonds is 6. The maximum atomic E-state index is 12.5. The molecule has 2 N–H and O–H groups in total. The van der Waals surface area contributed by atoms with Gasteiger partial charge in [0.1, 0.15) is 0 Å². The Balaban J connectivity index is 1.90. The molecule has 0 atom stereocenters. The summed E-state index contributed by atoms with van der Waals surface area (Å²) in [5, 5.41) is 5.82. The Morgan fingerprint density at radius 3 is 2.46 bits per heavy atom. The zero-order chi connectivity index (χ0) is 17.5. The lowest BCUT2D eigenvalue weighted by molar-refractivity contribution is -0.121. The van der Waals surface area contributed by atoms with Gasteiger partial charge in [0.2, 0.25) is 11.8 Å². The lowest BCUT2D eigenvalue weighted by Gasteiger charge is -2.27. The van der Waals surface area contributed by atoms with E-state index < -0.39 is 0 Å². The molecule has 4 nitrogen and oxygen atoms in total. The summed E-state index contributed by atoms with van der Waals surface area (Å²) in [4.78, 5) is 23.8. The van der Waals surface area contributed by atoms with Crippen LogP contribution in [0.5, 0.6) is 0 Å². The van der Waals surface area contributed by atoms with Gasteiger partial charge in [-0.1, -0.05) is 32.3 Å². The second kappa shape index (κ2) is 8.86. The summed E-state index contributed by atoms with van der Waals surface area (Å²) in [5.74, 6) is 0.932. The van der Waals surface area contributed by atoms with Crippen LogP contribution >= 0.6 is 0 Å². The van der Waals surface area contributed by atoms with Crippen LogP contribution in [-0.2, 0) is 9.59 Å². The predicted octanol–water partition coefficient (Wildman–Crippen LogP) is 4.89. The summed E-state index contributed by atoms with van der Waals surface area (Å²) in [6, 6.07) is 5.65. The van der Waals surface area contributed by atoms with Gasteiger partial charge in [-0.25, -0.2) is 0 Å². The maximum absolute atomic E-state index is 12.5. The second-order valence-electron chi connectivity index (χ2n) is 7.06. The molecule has 2 rings (SSSR count). The Kier molecular flexibility index (Phi) is 6.83. The van der Waals surface area contributed by atoms with Gasteiger partial charge in [0.05, 0.1) is 0 Å². The number of hydrogen-bond acceptors (Lipinski definition) is 2. The molecule has 1 fully saturated rings. The molecular weight excluding hydrogens is 300 g/mol. The third-order valence-electron chi connectivity index (χ3n) is 5.00. The molecule has 0 spiro atoms. The molecule has 132 valence electrons. The van der Waals surface area contributed by atoms with E-state index in [1.807, 2.05) is 25.1 Å². The van der Waals surface area contributed by atoms with Gasteiger partial charge >= 0.3 is 0 Å². The smallest absolute Gasteiger partial charge is 0.227 e. The highest BCUT2D eigenvalue weighted by molar-refractivity contribution is 5.95. The first-order chi connectivity index (χ1) is 11.5. The molecule has 0 unspecified atom stereocenters. The minimum Gasteiger partial charge on any atom is -0.326 e. The topological polar surface area (TPSA) is 58.2 Å². The fourth-order valence-corrected chi connectivity index (χ4v) is 3.47. The highest BCUT2D eigenvalue weighted by Crippen LogP contribution is 2.32. The molecule has 0 heterocycles. The quantitative estimate of drug-likeness (QED) is 0.780. The van der Waals surface area contributed by atoms with Crippen LogP contribution in [0.3, 0.4) is 0 Å². The maximum Gasteiger partial charge on any atom is 0.227 e. The lowest BCUT2D eigenvalue weighted by atomic mass is 9.79. The number of unbranched alkanes of at least 4 members (excludes halogenated alkanes) is 1. The van der Waals surface area contributed by atoms with Crippen molar-refractivity contribution in [2.45, 2.75) is 65.7 Å². The number of nitrogens with one attached hydrogen (secondary N) is 2. The Morgan fingerprint density at radius 2 is 1.83 bits per heavy atom. The largest absolute Gasteiger partial charge is 0.326 e. The molecule has 2 amide bonds. The number of aryl methyl sites for hydroxylation is 1. The molecule has 1 aromatic rings. The molecule has 1 saturated carbocycles. The van der Waals surface area contributed by atoms with Crippen LogP contribution in [0.15, 0.2) is 18.2 Å². The van der Waals surface area contributed by atoms with E-state index in [4.69, 9.17) is 0 Å². The van der Waals surface area contributed by atoms with E-state index in [1.54, 1.807) is 0 Å². The van der Waals surface area contributed by atoms with Gasteiger partial charge in [0.25, 0.3) is 0 Å². The van der Waals surface area contributed by atoms with Crippen molar-refractivity contribution in [3.05, 3.63) is 23.8 Å². The van der Waals surface area contributed by atoms with Crippen molar-refractivity contribution in [1.82, 2.24) is 0 Å². The number of carbonyl (C=O) groups is 2. The van der Waals surface area contributed by atoms with Crippen molar-refractivity contribution in [3.8, 4) is 0 Å². The van der Waals surface area contributed by atoms with E-state index in [2.05, 4.69) is 17.6 Å². The van der Waals surface area contributed by atoms with Gasteiger partial charge in [-0.05, 0) is 56.2 Å². The molecule has 0 aliphatic heterocycles. The Bertz CT molecular complexity index is 575. The normalized spacial score (nSPS) is 20.5. The first-order valence-electron chi connectivity index (χ1n) is 9.18. The van der Waals surface area contributed by atoms with Gasteiger partial charge in [-0.3, -0.25) is 9.59 Å². The summed E-state index contributed by atoms with van der Waals surface area (Å²) >= 11 is 0. The Morgan fingerprint density at radius 1 is 1.12 bits per heavy atom. The summed E-state index contributed by atoms with van der Waals surface area (Å²) in [5.41, 5.74) is 2.49. The molecule has 1 aliphatic rings. The van der Waals surface area contributed by atoms with Crippen molar-refractivity contribution >= 4 is 23.2 Å². The highest BCUT2D eigenvalue weighted by atomic mass is 16.2. The fourth-order valence-electron chi connectivity index (χ4n) is 3.47. The van der Waals surface area contributed by atoms with Crippen LogP contribution in [0, 0.1) is 18.8 Å². The van der Waals surface area contributed by atoms with Gasteiger partial charge in [0, 0.05) is 24.2 Å². The van der Waals surface area contributed by atoms with E-state index in [-0.39, 0.29) is 17.7 Å². The van der Waals surface area contributed by atoms with Gasteiger partial charge in [-0.15, -0.1) is 0 Å². The average Bonchev–Trinajstić information content (AvgIpc) is 2.56. The van der Waals surface area contributed by atoms with Crippen molar-refractivity contribution in [3.63, 3.8) is 0 Å². The van der Waals surface area contributed by atoms with E-state index in [1.165, 1.54) is 39.0 Å². The van der Waals surface area contributed by atoms with Crippen LogP contribution in [-0.4, -0.2) is 11.8 Å². The summed E-state index contributed by atoms with van der Waals surface area (Å²) < 4.78 is 0. The van der Waals surface area contributed by atoms with Crippen LogP contribution in [0.2, 0.25) is 0 Å². The third kappa shape index (κ3) is 5.36. The monoisotopic (exact) mass is 330 g/mol. The van der Waals surface area contributed by atoms with E-state index in [0.29, 0.717) is 0 Å². The van der Waals surface area contributed by atoms with Crippen molar-refractivity contribution in [1.29, 1.82) is 0 Å². The number of carbonyl (C=O) groups excluding carboxylic acids is 2. The van der Waals surface area contributed by atoms with Crippen molar-refractivity contribution < 1.29 is 9.59 Å². The Hall–Kier alpha value is -1.84. The summed E-state index contributed by atoms with van der Waals surface area (Å²) in [6.07, 6.45) is 8.19. The number of hydrogen-bond donors (Lipinski definition) is 2. The first kappa shape index (κ1) is 18.5. The molecule has 1 aromatic carbocycles. The SMILES string of the molecule is CCCCC1CCC(C(=O)Nc2ccc(C)c(NC(C)=O)c2)CC1. The zero-order valence-electron chi connectivity index (χ0n) is 15.2. The van der Waals surface area contributed by atoms with E-state index in [9.17, 15) is 9.59 Å². The zero-order valence-corrected chi connectivity index (χ0v) is 15.2. The minimum absolute atomic E-state index is 0.105. The first-order valence-corrected chi connectivity index (χ1v) is 9.18. The molecule has 0 saturated heterocycles. The van der Waals surface area contributed by atoms with E-state index >= 15 is 0 Å². The lowest BCUT2D eigenvalue weighted by Crippen LogP contribution is -2.27. The van der Waals surface area contributed by atoms with Gasteiger partial charge in [-0.2, -0.15) is 0 Å². The predicted molar refractivity (Wildman–Crippen MR) is 99.1 cm³/mol.